The number of ether oxygens (including phenoxy) is 2. The van der Waals surface area contributed by atoms with Crippen LogP contribution in [0.1, 0.15) is 47.2 Å². The zero-order valence-corrected chi connectivity index (χ0v) is 26.3. The van der Waals surface area contributed by atoms with Crippen molar-refractivity contribution >= 4 is 23.6 Å². The van der Waals surface area contributed by atoms with E-state index in [4.69, 9.17) is 19.4 Å². The van der Waals surface area contributed by atoms with Crippen LogP contribution in [-0.4, -0.2) is 72.5 Å². The molecule has 0 aliphatic carbocycles. The molecular weight excluding hydrogens is 605 g/mol. The van der Waals surface area contributed by atoms with Crippen molar-refractivity contribution in [2.24, 2.45) is 5.41 Å². The van der Waals surface area contributed by atoms with Crippen molar-refractivity contribution in [3.05, 3.63) is 89.5 Å². The van der Waals surface area contributed by atoms with Crippen molar-refractivity contribution in [1.29, 1.82) is 0 Å². The SMILES string of the molecule is COc1cc(SC)ccc1C(=O)N1CCC2(CCN(Cc3ccccc3OCc3ccccc3)CC2)CC1.O=C(O)C(F)(F)F. The smallest absolute Gasteiger partial charge is 0.490 e. The van der Waals surface area contributed by atoms with Crippen molar-refractivity contribution in [1.82, 2.24) is 9.80 Å². The number of hydrogen-bond donors (Lipinski definition) is 1. The number of benzene rings is 3. The maximum Gasteiger partial charge on any atom is 0.490 e. The summed E-state index contributed by atoms with van der Waals surface area (Å²) in [5, 5.41) is 7.12. The fourth-order valence-corrected chi connectivity index (χ4v) is 6.20. The van der Waals surface area contributed by atoms with Gasteiger partial charge in [-0.05, 0) is 80.3 Å². The fourth-order valence-electron chi connectivity index (χ4n) is 5.77. The van der Waals surface area contributed by atoms with Crippen LogP contribution >= 0.6 is 11.8 Å². The van der Waals surface area contributed by atoms with Gasteiger partial charge in [-0.15, -0.1) is 11.8 Å². The van der Waals surface area contributed by atoms with Crippen LogP contribution in [0.3, 0.4) is 0 Å². The minimum Gasteiger partial charge on any atom is -0.496 e. The highest BCUT2D eigenvalue weighted by Crippen LogP contribution is 2.42. The third-order valence-electron chi connectivity index (χ3n) is 8.51. The van der Waals surface area contributed by atoms with Crippen LogP contribution in [0.2, 0.25) is 0 Å². The van der Waals surface area contributed by atoms with Gasteiger partial charge in [-0.25, -0.2) is 4.79 Å². The zero-order chi connectivity index (χ0) is 32.5. The van der Waals surface area contributed by atoms with E-state index in [0.717, 1.165) is 56.2 Å². The van der Waals surface area contributed by atoms with Crippen LogP contribution in [0.25, 0.3) is 0 Å². The molecule has 2 heterocycles. The molecule has 0 aromatic heterocycles. The lowest BCUT2D eigenvalue weighted by molar-refractivity contribution is -0.192. The molecule has 2 aliphatic heterocycles. The largest absolute Gasteiger partial charge is 0.496 e. The van der Waals surface area contributed by atoms with Gasteiger partial charge in [0.25, 0.3) is 5.91 Å². The van der Waals surface area contributed by atoms with Crippen LogP contribution in [0.4, 0.5) is 13.2 Å². The van der Waals surface area contributed by atoms with Gasteiger partial charge in [0.2, 0.25) is 0 Å². The number of likely N-dealkylation sites (tertiary alicyclic amines) is 2. The predicted molar refractivity (Wildman–Crippen MR) is 168 cm³/mol. The second kappa shape index (κ2) is 15.5. The molecule has 3 aromatic carbocycles. The van der Waals surface area contributed by atoms with E-state index in [2.05, 4.69) is 41.3 Å². The Morgan fingerprint density at radius 3 is 2.09 bits per heavy atom. The van der Waals surface area contributed by atoms with E-state index >= 15 is 0 Å². The van der Waals surface area contributed by atoms with Crippen LogP contribution in [0.5, 0.6) is 11.5 Å². The van der Waals surface area contributed by atoms with Crippen molar-refractivity contribution in [3.8, 4) is 11.5 Å². The monoisotopic (exact) mass is 644 g/mol. The first-order valence-electron chi connectivity index (χ1n) is 14.8. The molecule has 0 bridgehead atoms. The molecule has 242 valence electrons. The lowest BCUT2D eigenvalue weighted by atomic mass is 9.71. The summed E-state index contributed by atoms with van der Waals surface area (Å²) in [7, 11) is 1.64. The average Bonchev–Trinajstić information content (AvgIpc) is 3.05. The first-order valence-corrected chi connectivity index (χ1v) is 16.0. The van der Waals surface area contributed by atoms with Gasteiger partial charge in [-0.1, -0.05) is 48.5 Å². The lowest BCUT2D eigenvalue weighted by Crippen LogP contribution is -2.48. The number of carboxylic acids is 1. The van der Waals surface area contributed by atoms with E-state index in [-0.39, 0.29) is 5.91 Å². The number of hydrogen-bond acceptors (Lipinski definition) is 6. The number of rotatable bonds is 8. The van der Waals surface area contributed by atoms with Crippen molar-refractivity contribution < 1.29 is 37.3 Å². The summed E-state index contributed by atoms with van der Waals surface area (Å²) in [6, 6.07) is 24.6. The Hall–Kier alpha value is -3.70. The van der Waals surface area contributed by atoms with Crippen LogP contribution in [0.15, 0.2) is 77.7 Å². The number of carbonyl (C=O) groups is 2. The predicted octanol–water partition coefficient (Wildman–Crippen LogP) is 7.15. The fraction of sp³-hybridized carbons (Fsp3) is 0.412. The Morgan fingerprint density at radius 2 is 1.49 bits per heavy atom. The summed E-state index contributed by atoms with van der Waals surface area (Å²) in [6.07, 6.45) is 1.48. The molecule has 5 rings (SSSR count). The van der Waals surface area contributed by atoms with Gasteiger partial charge in [-0.3, -0.25) is 9.69 Å². The second-order valence-electron chi connectivity index (χ2n) is 11.3. The molecule has 0 radical (unpaired) electrons. The van der Waals surface area contributed by atoms with Gasteiger partial charge >= 0.3 is 12.1 Å². The van der Waals surface area contributed by atoms with Gasteiger partial charge in [0, 0.05) is 30.1 Å². The molecular formula is C34H39F3N2O5S. The Labute approximate surface area is 266 Å². The van der Waals surface area contributed by atoms with Crippen LogP contribution in [-0.2, 0) is 17.9 Å². The molecule has 1 N–H and O–H groups in total. The van der Waals surface area contributed by atoms with E-state index in [1.54, 1.807) is 18.9 Å². The van der Waals surface area contributed by atoms with Crippen LogP contribution < -0.4 is 9.47 Å². The summed E-state index contributed by atoms with van der Waals surface area (Å²) in [5.74, 6) is -1.02. The van der Waals surface area contributed by atoms with E-state index < -0.39 is 12.1 Å². The summed E-state index contributed by atoms with van der Waals surface area (Å²) in [6.45, 7) is 5.32. The standard InChI is InChI=1S/C32H38N2O3S.C2HF3O2/c1-36-30-22-27(38-2)12-13-28(30)31(35)34-20-16-32(17-21-34)14-18-33(19-15-32)23-26-10-6-7-11-29(26)37-24-25-8-4-3-5-9-25;3-2(4,5)1(6)7/h3-13,22H,14-21,23-24H2,1-2H3;(H,6,7). The van der Waals surface area contributed by atoms with Crippen molar-refractivity contribution in [2.75, 3.05) is 39.5 Å². The highest BCUT2D eigenvalue weighted by molar-refractivity contribution is 7.98. The Morgan fingerprint density at radius 1 is 0.889 bits per heavy atom. The number of piperidine rings is 2. The molecule has 45 heavy (non-hydrogen) atoms. The first kappa shape index (κ1) is 34.2. The number of nitrogens with zero attached hydrogens (tertiary/aromatic N) is 2. The molecule has 2 aliphatic rings. The quantitative estimate of drug-likeness (QED) is 0.261. The van der Waals surface area contributed by atoms with E-state index in [1.807, 2.05) is 47.6 Å². The topological polar surface area (TPSA) is 79.3 Å². The third kappa shape index (κ3) is 9.40. The normalized spacial score (nSPS) is 16.4. The molecule has 0 atom stereocenters. The van der Waals surface area contributed by atoms with Gasteiger partial charge in [-0.2, -0.15) is 13.2 Å². The molecule has 2 fully saturated rings. The first-order chi connectivity index (χ1) is 21.5. The van der Waals surface area contributed by atoms with Crippen molar-refractivity contribution in [2.45, 2.75) is 49.9 Å². The molecule has 2 saturated heterocycles. The van der Waals surface area contributed by atoms with Gasteiger partial charge in [0.05, 0.1) is 12.7 Å². The minimum absolute atomic E-state index is 0.0916. The number of alkyl halides is 3. The highest BCUT2D eigenvalue weighted by atomic mass is 32.2. The van der Waals surface area contributed by atoms with Crippen molar-refractivity contribution in [3.63, 3.8) is 0 Å². The van der Waals surface area contributed by atoms with Crippen LogP contribution in [0, 0.1) is 5.41 Å². The molecule has 7 nitrogen and oxygen atoms in total. The number of carboxylic acid groups (broad SMARTS) is 1. The Bertz CT molecular complexity index is 1420. The number of amides is 1. The van der Waals surface area contributed by atoms with E-state index in [1.165, 1.54) is 24.0 Å². The third-order valence-corrected chi connectivity index (χ3v) is 9.24. The summed E-state index contributed by atoms with van der Waals surface area (Å²) in [5.41, 5.74) is 3.46. The Kier molecular flexibility index (Phi) is 11.8. The zero-order valence-electron chi connectivity index (χ0n) is 25.5. The number of methoxy groups -OCH3 is 1. The van der Waals surface area contributed by atoms with Gasteiger partial charge in [0.15, 0.2) is 0 Å². The number of thioether (sulfide) groups is 1. The second-order valence-corrected chi connectivity index (χ2v) is 12.2. The average molecular weight is 645 g/mol. The summed E-state index contributed by atoms with van der Waals surface area (Å²) in [4.78, 5) is 27.9. The molecule has 0 saturated carbocycles. The minimum atomic E-state index is -5.08. The number of carbonyl (C=O) groups excluding carboxylic acids is 1. The number of halogens is 3. The van der Waals surface area contributed by atoms with E-state index in [9.17, 15) is 18.0 Å². The number of aliphatic carboxylic acids is 1. The maximum atomic E-state index is 13.3. The molecule has 3 aromatic rings. The van der Waals surface area contributed by atoms with Gasteiger partial charge < -0.3 is 19.5 Å². The number of para-hydroxylation sites is 1. The highest BCUT2D eigenvalue weighted by Gasteiger charge is 2.39. The molecule has 0 unspecified atom stereocenters. The molecule has 1 spiro atoms. The maximum absolute atomic E-state index is 13.3. The summed E-state index contributed by atoms with van der Waals surface area (Å²) < 4.78 is 43.5. The van der Waals surface area contributed by atoms with E-state index in [0.29, 0.717) is 23.3 Å². The molecule has 11 heteroatoms. The summed E-state index contributed by atoms with van der Waals surface area (Å²) >= 11 is 1.66. The Balaban J connectivity index is 0.000000591. The lowest BCUT2D eigenvalue weighted by Gasteiger charge is -2.47. The molecule has 1 amide bonds. The van der Waals surface area contributed by atoms with Gasteiger partial charge in [0.1, 0.15) is 18.1 Å².